The molecule has 0 radical (unpaired) electrons. The van der Waals surface area contributed by atoms with E-state index in [-0.39, 0.29) is 11.7 Å². The largest absolute Gasteiger partial charge is 0.508 e. The Morgan fingerprint density at radius 1 is 1.16 bits per heavy atom. The van der Waals surface area contributed by atoms with Gasteiger partial charge in [-0.1, -0.05) is 30.3 Å². The number of hydrogen-bond acceptors (Lipinski definition) is 3. The highest BCUT2D eigenvalue weighted by atomic mass is 16.3. The van der Waals surface area contributed by atoms with E-state index in [1.807, 2.05) is 30.5 Å². The van der Waals surface area contributed by atoms with E-state index in [1.54, 1.807) is 19.1 Å². The standard InChI is InChI=1S/C20H22N2O3/c1-13(20(25)14-6-9-16(23)10-7-14)22-19(24)11-8-15-12-21-18-5-3-2-4-17(15)18/h2-7,9-10,12-13,20-21,23,25H,8,11H2,1H3,(H,22,24)/t13-,20-/m1/s1. The number of aromatic nitrogens is 1. The van der Waals surface area contributed by atoms with Crippen molar-refractivity contribution < 1.29 is 15.0 Å². The average molecular weight is 338 g/mol. The predicted molar refractivity (Wildman–Crippen MR) is 97.3 cm³/mol. The Morgan fingerprint density at radius 3 is 2.64 bits per heavy atom. The van der Waals surface area contributed by atoms with Gasteiger partial charge in [0.2, 0.25) is 5.91 Å². The molecule has 5 nitrogen and oxygen atoms in total. The summed E-state index contributed by atoms with van der Waals surface area (Å²) in [5, 5.41) is 23.6. The van der Waals surface area contributed by atoms with E-state index in [0.29, 0.717) is 18.4 Å². The summed E-state index contributed by atoms with van der Waals surface area (Å²) in [6.45, 7) is 1.76. The minimum atomic E-state index is -0.822. The third-order valence-corrected chi connectivity index (χ3v) is 4.39. The Morgan fingerprint density at radius 2 is 1.88 bits per heavy atom. The number of fused-ring (bicyclic) bond motifs is 1. The number of para-hydroxylation sites is 1. The summed E-state index contributed by atoms with van der Waals surface area (Å²) in [5.74, 6) is 0.0435. The van der Waals surface area contributed by atoms with Crippen molar-refractivity contribution >= 4 is 16.8 Å². The third-order valence-electron chi connectivity index (χ3n) is 4.39. The molecule has 0 aliphatic heterocycles. The van der Waals surface area contributed by atoms with Gasteiger partial charge in [0.1, 0.15) is 5.75 Å². The van der Waals surface area contributed by atoms with Gasteiger partial charge in [-0.05, 0) is 42.7 Å². The fourth-order valence-electron chi connectivity index (χ4n) is 2.95. The quantitative estimate of drug-likeness (QED) is 0.557. The van der Waals surface area contributed by atoms with Crippen LogP contribution in [0.25, 0.3) is 10.9 Å². The Labute approximate surface area is 146 Å². The van der Waals surface area contributed by atoms with Crippen molar-refractivity contribution in [2.45, 2.75) is 31.9 Å². The van der Waals surface area contributed by atoms with Crippen LogP contribution in [0.15, 0.2) is 54.7 Å². The molecular formula is C20H22N2O3. The number of phenols is 1. The molecule has 0 saturated carbocycles. The fraction of sp³-hybridized carbons (Fsp3) is 0.250. The second kappa shape index (κ2) is 7.40. The van der Waals surface area contributed by atoms with Gasteiger partial charge in [0.15, 0.2) is 0 Å². The number of aryl methyl sites for hydroxylation is 1. The average Bonchev–Trinajstić information content (AvgIpc) is 3.03. The summed E-state index contributed by atoms with van der Waals surface area (Å²) in [7, 11) is 0. The van der Waals surface area contributed by atoms with Crippen LogP contribution >= 0.6 is 0 Å². The second-order valence-corrected chi connectivity index (χ2v) is 6.25. The zero-order valence-electron chi connectivity index (χ0n) is 14.1. The minimum absolute atomic E-state index is 0.101. The van der Waals surface area contributed by atoms with Crippen LogP contribution in [-0.4, -0.2) is 27.1 Å². The zero-order chi connectivity index (χ0) is 17.8. The van der Waals surface area contributed by atoms with Crippen molar-refractivity contribution in [3.8, 4) is 5.75 Å². The molecule has 3 rings (SSSR count). The topological polar surface area (TPSA) is 85.4 Å². The highest BCUT2D eigenvalue weighted by Crippen LogP contribution is 2.21. The van der Waals surface area contributed by atoms with Crippen molar-refractivity contribution in [2.24, 2.45) is 0 Å². The molecular weight excluding hydrogens is 316 g/mol. The Bertz CT molecular complexity index is 855. The van der Waals surface area contributed by atoms with Gasteiger partial charge in [0.05, 0.1) is 12.1 Å². The molecule has 2 atom stereocenters. The first-order valence-corrected chi connectivity index (χ1v) is 8.36. The van der Waals surface area contributed by atoms with Crippen molar-refractivity contribution in [1.29, 1.82) is 0 Å². The van der Waals surface area contributed by atoms with Crippen LogP contribution in [0.5, 0.6) is 5.75 Å². The van der Waals surface area contributed by atoms with Gasteiger partial charge in [0.25, 0.3) is 0 Å². The van der Waals surface area contributed by atoms with Crippen LogP contribution in [0.4, 0.5) is 0 Å². The lowest BCUT2D eigenvalue weighted by atomic mass is 10.0. The van der Waals surface area contributed by atoms with Gasteiger partial charge < -0.3 is 20.5 Å². The SMILES string of the molecule is C[C@@H](NC(=O)CCc1c[nH]c2ccccc12)[C@@H](O)c1ccc(O)cc1. The first-order chi connectivity index (χ1) is 12.0. The maximum absolute atomic E-state index is 12.2. The Kier molecular flexibility index (Phi) is 5.05. The van der Waals surface area contributed by atoms with Crippen LogP contribution in [0.2, 0.25) is 0 Å². The Hall–Kier alpha value is -2.79. The van der Waals surface area contributed by atoms with E-state index < -0.39 is 12.1 Å². The summed E-state index contributed by atoms with van der Waals surface area (Å²) < 4.78 is 0. The summed E-state index contributed by atoms with van der Waals surface area (Å²) in [6, 6.07) is 13.9. The van der Waals surface area contributed by atoms with Gasteiger partial charge >= 0.3 is 0 Å². The van der Waals surface area contributed by atoms with Gasteiger partial charge in [0, 0.05) is 23.5 Å². The summed E-state index contributed by atoms with van der Waals surface area (Å²) in [6.07, 6.45) is 2.11. The molecule has 130 valence electrons. The maximum Gasteiger partial charge on any atom is 0.220 e. The zero-order valence-corrected chi connectivity index (χ0v) is 14.1. The van der Waals surface area contributed by atoms with Gasteiger partial charge in [-0.25, -0.2) is 0 Å². The number of amides is 1. The van der Waals surface area contributed by atoms with Gasteiger partial charge in [-0.3, -0.25) is 4.79 Å². The summed E-state index contributed by atoms with van der Waals surface area (Å²) in [4.78, 5) is 15.4. The van der Waals surface area contributed by atoms with E-state index in [1.165, 1.54) is 12.1 Å². The first-order valence-electron chi connectivity index (χ1n) is 8.36. The number of aromatic amines is 1. The highest BCUT2D eigenvalue weighted by molar-refractivity contribution is 5.84. The molecule has 0 aliphatic carbocycles. The van der Waals surface area contributed by atoms with E-state index in [4.69, 9.17) is 0 Å². The molecule has 3 aromatic rings. The van der Waals surface area contributed by atoms with Crippen molar-refractivity contribution in [1.82, 2.24) is 10.3 Å². The molecule has 0 spiro atoms. The molecule has 1 amide bonds. The number of H-pyrrole nitrogens is 1. The number of hydrogen-bond donors (Lipinski definition) is 4. The lowest BCUT2D eigenvalue weighted by Crippen LogP contribution is -2.37. The number of carbonyl (C=O) groups is 1. The molecule has 5 heteroatoms. The number of benzene rings is 2. The fourth-order valence-corrected chi connectivity index (χ4v) is 2.95. The summed E-state index contributed by atoms with van der Waals surface area (Å²) in [5.41, 5.74) is 2.83. The van der Waals surface area contributed by atoms with Crippen LogP contribution in [0, 0.1) is 0 Å². The van der Waals surface area contributed by atoms with Crippen molar-refractivity contribution in [2.75, 3.05) is 0 Å². The predicted octanol–water partition coefficient (Wildman–Crippen LogP) is 3.04. The van der Waals surface area contributed by atoms with Crippen LogP contribution in [0.3, 0.4) is 0 Å². The molecule has 0 aliphatic rings. The third kappa shape index (κ3) is 4.00. The molecule has 4 N–H and O–H groups in total. The van der Waals surface area contributed by atoms with Crippen LogP contribution in [0.1, 0.15) is 30.6 Å². The molecule has 0 fully saturated rings. The van der Waals surface area contributed by atoms with E-state index >= 15 is 0 Å². The van der Waals surface area contributed by atoms with E-state index in [9.17, 15) is 15.0 Å². The molecule has 2 aromatic carbocycles. The number of aliphatic hydroxyl groups is 1. The van der Waals surface area contributed by atoms with Gasteiger partial charge in [-0.15, -0.1) is 0 Å². The Balaban J connectivity index is 1.55. The number of rotatable bonds is 6. The second-order valence-electron chi connectivity index (χ2n) is 6.25. The molecule has 1 aromatic heterocycles. The summed E-state index contributed by atoms with van der Waals surface area (Å²) >= 11 is 0. The smallest absolute Gasteiger partial charge is 0.220 e. The molecule has 0 saturated heterocycles. The number of aliphatic hydroxyl groups excluding tert-OH is 1. The number of aromatic hydroxyl groups is 1. The molecule has 1 heterocycles. The lowest BCUT2D eigenvalue weighted by Gasteiger charge is -2.20. The lowest BCUT2D eigenvalue weighted by molar-refractivity contribution is -0.122. The number of nitrogens with one attached hydrogen (secondary N) is 2. The highest BCUT2D eigenvalue weighted by Gasteiger charge is 2.18. The van der Waals surface area contributed by atoms with Gasteiger partial charge in [-0.2, -0.15) is 0 Å². The van der Waals surface area contributed by atoms with E-state index in [0.717, 1.165) is 16.5 Å². The number of carbonyl (C=O) groups excluding carboxylic acids is 1. The molecule has 0 bridgehead atoms. The van der Waals surface area contributed by atoms with E-state index in [2.05, 4.69) is 10.3 Å². The maximum atomic E-state index is 12.2. The monoisotopic (exact) mass is 338 g/mol. The number of phenolic OH excluding ortho intramolecular Hbond substituents is 1. The first kappa shape index (κ1) is 17.0. The molecule has 0 unspecified atom stereocenters. The molecule has 25 heavy (non-hydrogen) atoms. The minimum Gasteiger partial charge on any atom is -0.508 e. The normalized spacial score (nSPS) is 13.5. The van der Waals surface area contributed by atoms with Crippen molar-refractivity contribution in [3.05, 3.63) is 65.9 Å². The van der Waals surface area contributed by atoms with Crippen LogP contribution < -0.4 is 5.32 Å². The van der Waals surface area contributed by atoms with Crippen molar-refractivity contribution in [3.63, 3.8) is 0 Å². The van der Waals surface area contributed by atoms with Crippen LogP contribution in [-0.2, 0) is 11.2 Å².